The van der Waals surface area contributed by atoms with Gasteiger partial charge in [0.25, 0.3) is 5.91 Å². The molecule has 18 heavy (non-hydrogen) atoms. The smallest absolute Gasteiger partial charge is 0.254 e. The number of aromatic nitrogens is 1. The van der Waals surface area contributed by atoms with E-state index < -0.39 is 0 Å². The molecule has 4 heteroatoms. The summed E-state index contributed by atoms with van der Waals surface area (Å²) in [7, 11) is 1.60. The van der Waals surface area contributed by atoms with Crippen molar-refractivity contribution in [1.82, 2.24) is 10.3 Å². The molecule has 0 aliphatic heterocycles. The Labute approximate surface area is 106 Å². The molecule has 0 aliphatic carbocycles. The lowest BCUT2D eigenvalue weighted by Gasteiger charge is -2.05. The van der Waals surface area contributed by atoms with Gasteiger partial charge >= 0.3 is 0 Å². The molecule has 0 radical (unpaired) electrons. The highest BCUT2D eigenvalue weighted by Gasteiger charge is 2.18. The van der Waals surface area contributed by atoms with Crippen molar-refractivity contribution in [3.05, 3.63) is 42.1 Å². The Bertz CT molecular complexity index is 599. The molecule has 0 fully saturated rings. The van der Waals surface area contributed by atoms with Crippen LogP contribution in [0.1, 0.15) is 16.1 Å². The minimum absolute atomic E-state index is 0.122. The summed E-state index contributed by atoms with van der Waals surface area (Å²) in [6, 6.07) is 5.66. The molecule has 1 aromatic heterocycles. The van der Waals surface area contributed by atoms with Crippen molar-refractivity contribution in [3.8, 4) is 5.75 Å². The number of amides is 1. The molecule has 0 saturated heterocycles. The van der Waals surface area contributed by atoms with Crippen LogP contribution in [0.4, 0.5) is 0 Å². The monoisotopic (exact) mass is 244 g/mol. The minimum atomic E-state index is -0.122. The van der Waals surface area contributed by atoms with Gasteiger partial charge in [0.2, 0.25) is 0 Å². The maximum Gasteiger partial charge on any atom is 0.254 e. The van der Waals surface area contributed by atoms with Crippen LogP contribution < -0.4 is 10.1 Å². The van der Waals surface area contributed by atoms with Gasteiger partial charge in [0.05, 0.1) is 23.6 Å². The van der Waals surface area contributed by atoms with Gasteiger partial charge in [-0.25, -0.2) is 0 Å². The van der Waals surface area contributed by atoms with Gasteiger partial charge < -0.3 is 15.0 Å². The van der Waals surface area contributed by atoms with Crippen molar-refractivity contribution in [3.63, 3.8) is 0 Å². The maximum atomic E-state index is 12.1. The van der Waals surface area contributed by atoms with Crippen LogP contribution in [0.5, 0.6) is 5.75 Å². The van der Waals surface area contributed by atoms with Gasteiger partial charge in [-0.15, -0.1) is 6.58 Å². The minimum Gasteiger partial charge on any atom is -0.496 e. The van der Waals surface area contributed by atoms with Crippen LogP contribution in [-0.4, -0.2) is 24.5 Å². The third-order valence-electron chi connectivity index (χ3n) is 2.83. The van der Waals surface area contributed by atoms with Crippen molar-refractivity contribution in [1.29, 1.82) is 0 Å². The van der Waals surface area contributed by atoms with Crippen LogP contribution in [0.3, 0.4) is 0 Å². The first-order chi connectivity index (χ1) is 8.69. The molecular weight excluding hydrogens is 228 g/mol. The highest BCUT2D eigenvalue weighted by atomic mass is 16.5. The fourth-order valence-electron chi connectivity index (χ4n) is 2.05. The van der Waals surface area contributed by atoms with Crippen molar-refractivity contribution in [2.45, 2.75) is 6.92 Å². The van der Waals surface area contributed by atoms with E-state index in [9.17, 15) is 4.79 Å². The number of aromatic amines is 1. The van der Waals surface area contributed by atoms with E-state index in [-0.39, 0.29) is 5.91 Å². The van der Waals surface area contributed by atoms with E-state index in [0.29, 0.717) is 17.9 Å². The fourth-order valence-corrected chi connectivity index (χ4v) is 2.05. The first kappa shape index (κ1) is 12.2. The predicted octanol–water partition coefficient (Wildman–Crippen LogP) is 2.40. The number of rotatable bonds is 4. The average molecular weight is 244 g/mol. The lowest BCUT2D eigenvalue weighted by molar-refractivity contribution is 0.0959. The van der Waals surface area contributed by atoms with Crippen LogP contribution in [-0.2, 0) is 0 Å². The molecule has 0 spiro atoms. The summed E-state index contributed by atoms with van der Waals surface area (Å²) in [5.41, 5.74) is 2.36. The molecule has 0 atom stereocenters. The molecule has 94 valence electrons. The van der Waals surface area contributed by atoms with E-state index in [0.717, 1.165) is 16.6 Å². The highest BCUT2D eigenvalue weighted by Crippen LogP contribution is 2.30. The lowest BCUT2D eigenvalue weighted by Crippen LogP contribution is -2.23. The molecule has 2 rings (SSSR count). The van der Waals surface area contributed by atoms with Gasteiger partial charge in [-0.3, -0.25) is 4.79 Å². The Morgan fingerprint density at radius 2 is 2.33 bits per heavy atom. The van der Waals surface area contributed by atoms with E-state index in [4.69, 9.17) is 4.74 Å². The number of ether oxygens (including phenoxy) is 1. The summed E-state index contributed by atoms with van der Waals surface area (Å²) in [6.45, 7) is 5.91. The summed E-state index contributed by atoms with van der Waals surface area (Å²) in [4.78, 5) is 15.3. The quantitative estimate of drug-likeness (QED) is 0.811. The fraction of sp³-hybridized carbons (Fsp3) is 0.214. The second-order valence-corrected chi connectivity index (χ2v) is 4.01. The summed E-state index contributed by atoms with van der Waals surface area (Å²) >= 11 is 0. The van der Waals surface area contributed by atoms with Gasteiger partial charge in [0.15, 0.2) is 0 Å². The second-order valence-electron chi connectivity index (χ2n) is 4.01. The first-order valence-corrected chi connectivity index (χ1v) is 5.73. The lowest BCUT2D eigenvalue weighted by atomic mass is 10.1. The van der Waals surface area contributed by atoms with E-state index in [2.05, 4.69) is 16.9 Å². The maximum absolute atomic E-state index is 12.1. The highest BCUT2D eigenvalue weighted by molar-refractivity contribution is 6.10. The Kier molecular flexibility index (Phi) is 3.37. The molecule has 4 nitrogen and oxygen atoms in total. The standard InChI is InChI=1S/C14H16N2O2/c1-4-8-15-14(17)12-9(2)16-10-6-5-7-11(18-3)13(10)12/h4-7,16H,1,8H2,2-3H3,(H,15,17). The molecule has 1 aromatic carbocycles. The number of methoxy groups -OCH3 is 1. The normalized spacial score (nSPS) is 10.3. The zero-order chi connectivity index (χ0) is 13.1. The largest absolute Gasteiger partial charge is 0.496 e. The zero-order valence-electron chi connectivity index (χ0n) is 10.5. The molecule has 2 N–H and O–H groups in total. The first-order valence-electron chi connectivity index (χ1n) is 5.73. The molecule has 0 unspecified atom stereocenters. The van der Waals surface area contributed by atoms with Crippen molar-refractivity contribution >= 4 is 16.8 Å². The number of carbonyl (C=O) groups is 1. The number of nitrogens with one attached hydrogen (secondary N) is 2. The van der Waals surface area contributed by atoms with Crippen LogP contribution in [0.25, 0.3) is 10.9 Å². The van der Waals surface area contributed by atoms with E-state index in [1.54, 1.807) is 13.2 Å². The molecule has 0 bridgehead atoms. The summed E-state index contributed by atoms with van der Waals surface area (Å²) in [5, 5.41) is 3.61. The number of hydrogen-bond acceptors (Lipinski definition) is 2. The Morgan fingerprint density at radius 3 is 3.00 bits per heavy atom. The Morgan fingerprint density at radius 1 is 1.56 bits per heavy atom. The Hall–Kier alpha value is -2.23. The topological polar surface area (TPSA) is 54.1 Å². The summed E-state index contributed by atoms with van der Waals surface area (Å²) < 4.78 is 5.32. The second kappa shape index (κ2) is 4.96. The van der Waals surface area contributed by atoms with Gasteiger partial charge in [0.1, 0.15) is 5.75 Å². The molecule has 2 aromatic rings. The molecule has 0 saturated carbocycles. The molecule has 0 aliphatic rings. The number of benzene rings is 1. The van der Waals surface area contributed by atoms with Crippen LogP contribution in [0.2, 0.25) is 0 Å². The van der Waals surface area contributed by atoms with E-state index >= 15 is 0 Å². The molecular formula is C14H16N2O2. The zero-order valence-corrected chi connectivity index (χ0v) is 10.5. The van der Waals surface area contributed by atoms with Crippen molar-refractivity contribution < 1.29 is 9.53 Å². The molecule has 1 amide bonds. The van der Waals surface area contributed by atoms with Crippen LogP contribution in [0.15, 0.2) is 30.9 Å². The third-order valence-corrected chi connectivity index (χ3v) is 2.83. The SMILES string of the molecule is C=CCNC(=O)c1c(C)[nH]c2cccc(OC)c12. The van der Waals surface area contributed by atoms with Crippen molar-refractivity contribution in [2.75, 3.05) is 13.7 Å². The Balaban J connectivity index is 2.58. The molecule has 1 heterocycles. The van der Waals surface area contributed by atoms with E-state index in [1.807, 2.05) is 25.1 Å². The van der Waals surface area contributed by atoms with Crippen LogP contribution >= 0.6 is 0 Å². The summed E-state index contributed by atoms with van der Waals surface area (Å²) in [6.07, 6.45) is 1.65. The number of carbonyl (C=O) groups excluding carboxylic acids is 1. The van der Waals surface area contributed by atoms with E-state index in [1.165, 1.54) is 0 Å². The van der Waals surface area contributed by atoms with Gasteiger partial charge in [-0.2, -0.15) is 0 Å². The van der Waals surface area contributed by atoms with Crippen LogP contribution in [0, 0.1) is 6.92 Å². The third kappa shape index (κ3) is 1.97. The number of H-pyrrole nitrogens is 1. The summed E-state index contributed by atoms with van der Waals surface area (Å²) in [5.74, 6) is 0.573. The van der Waals surface area contributed by atoms with Crippen molar-refractivity contribution in [2.24, 2.45) is 0 Å². The predicted molar refractivity (Wildman–Crippen MR) is 72.1 cm³/mol. The average Bonchev–Trinajstić information content (AvgIpc) is 2.71. The van der Waals surface area contributed by atoms with Gasteiger partial charge in [-0.05, 0) is 19.1 Å². The number of hydrogen-bond donors (Lipinski definition) is 2. The van der Waals surface area contributed by atoms with Gasteiger partial charge in [-0.1, -0.05) is 12.1 Å². The van der Waals surface area contributed by atoms with Gasteiger partial charge in [0, 0.05) is 12.2 Å². The number of aryl methyl sites for hydroxylation is 1. The number of fused-ring (bicyclic) bond motifs is 1.